The number of hydrogen-bond donors (Lipinski definition) is 2. The van der Waals surface area contributed by atoms with E-state index in [0.717, 1.165) is 19.5 Å². The van der Waals surface area contributed by atoms with Crippen LogP contribution in [-0.4, -0.2) is 44.8 Å². The molecule has 1 fully saturated rings. The van der Waals surface area contributed by atoms with Gasteiger partial charge in [0.05, 0.1) is 17.2 Å². The topological polar surface area (TPSA) is 95.5 Å². The van der Waals surface area contributed by atoms with Crippen LogP contribution >= 0.6 is 0 Å². The van der Waals surface area contributed by atoms with Crippen LogP contribution in [-0.2, 0) is 4.74 Å². The van der Waals surface area contributed by atoms with Crippen molar-refractivity contribution in [3.63, 3.8) is 0 Å². The summed E-state index contributed by atoms with van der Waals surface area (Å²) in [4.78, 5) is 30.8. The lowest BCUT2D eigenvalue weighted by Gasteiger charge is -2.24. The largest absolute Gasteiger partial charge is 0.508 e. The summed E-state index contributed by atoms with van der Waals surface area (Å²) in [6.07, 6.45) is 2.26. The second kappa shape index (κ2) is 7.55. The number of carbonyl (C=O) groups is 1. The molecule has 1 saturated heterocycles. The first-order valence-electron chi connectivity index (χ1n) is 8.30. The van der Waals surface area contributed by atoms with E-state index in [1.165, 1.54) is 18.5 Å². The molecule has 0 bridgehead atoms. The van der Waals surface area contributed by atoms with Crippen LogP contribution in [0.5, 0.6) is 5.75 Å². The molecule has 7 heteroatoms. The molecule has 0 aliphatic carbocycles. The Morgan fingerprint density at radius 2 is 2.12 bits per heavy atom. The van der Waals surface area contributed by atoms with Gasteiger partial charge < -0.3 is 19.7 Å². The summed E-state index contributed by atoms with van der Waals surface area (Å²) in [6.45, 7) is 9.52. The summed E-state index contributed by atoms with van der Waals surface area (Å²) >= 11 is 0. The van der Waals surface area contributed by atoms with Crippen molar-refractivity contribution in [3.8, 4) is 5.75 Å². The molecule has 1 aliphatic heterocycles. The molecule has 2 N–H and O–H groups in total. The summed E-state index contributed by atoms with van der Waals surface area (Å²) in [7, 11) is 0. The molecule has 1 amide bonds. The van der Waals surface area contributed by atoms with Gasteiger partial charge in [-0.15, -0.1) is 0 Å². The predicted molar refractivity (Wildman–Crippen MR) is 95.6 cm³/mol. The fraction of sp³-hybridized carbons (Fsp3) is 0.500. The van der Waals surface area contributed by atoms with Gasteiger partial charge in [0.15, 0.2) is 0 Å². The molecule has 3 rings (SSSR count). The minimum Gasteiger partial charge on any atom is -0.508 e. The molecule has 1 atom stereocenters. The van der Waals surface area contributed by atoms with Crippen molar-refractivity contribution in [2.45, 2.75) is 39.7 Å². The second-order valence-electron chi connectivity index (χ2n) is 7.25. The molecular formula is C18H25N3O4. The van der Waals surface area contributed by atoms with Crippen molar-refractivity contribution < 1.29 is 14.6 Å². The normalized spacial score (nSPS) is 17.1. The first kappa shape index (κ1) is 18.8. The van der Waals surface area contributed by atoms with Gasteiger partial charge in [-0.25, -0.2) is 9.78 Å². The van der Waals surface area contributed by atoms with E-state index in [1.54, 1.807) is 11.0 Å². The van der Waals surface area contributed by atoms with Gasteiger partial charge in [0, 0.05) is 13.1 Å². The number of nitrogens with zero attached hydrogens (tertiary/aromatic N) is 2. The maximum Gasteiger partial charge on any atom is 0.410 e. The molecule has 0 spiro atoms. The fourth-order valence-corrected chi connectivity index (χ4v) is 2.48. The minimum atomic E-state index is -0.372. The molecule has 2 aromatic rings. The number of phenols is 1. The highest BCUT2D eigenvalue weighted by atomic mass is 16.6. The van der Waals surface area contributed by atoms with Gasteiger partial charge in [-0.05, 0) is 51.3 Å². The molecule has 136 valence electrons. The summed E-state index contributed by atoms with van der Waals surface area (Å²) in [5, 5.41) is 9.47. The smallest absolute Gasteiger partial charge is 0.410 e. The average Bonchev–Trinajstić information content (AvgIpc) is 2.94. The highest BCUT2D eigenvalue weighted by Gasteiger charge is 2.27. The zero-order valence-corrected chi connectivity index (χ0v) is 15.1. The third kappa shape index (κ3) is 5.48. The standard InChI is InChI=1S/C10H19NO2.C8H6N2O2/c1-8-5-6-11(7-8)9(12)13-10(2,3)4;11-5-1-2-7-6(3-5)8(12)10-4-9-7/h8H,5-7H2,1-4H3;1-4,11H,(H,9,10,12). The second-order valence-corrected chi connectivity index (χ2v) is 7.25. The van der Waals surface area contributed by atoms with Gasteiger partial charge in [0.1, 0.15) is 11.4 Å². The van der Waals surface area contributed by atoms with Crippen LogP contribution in [0.3, 0.4) is 0 Å². The first-order valence-corrected chi connectivity index (χ1v) is 8.30. The van der Waals surface area contributed by atoms with Gasteiger partial charge in [-0.3, -0.25) is 4.79 Å². The maximum absolute atomic E-state index is 11.5. The first-order chi connectivity index (χ1) is 11.7. The number of nitrogens with one attached hydrogen (secondary N) is 1. The van der Waals surface area contributed by atoms with Crippen LogP contribution in [0.1, 0.15) is 34.1 Å². The zero-order chi connectivity index (χ0) is 18.6. The van der Waals surface area contributed by atoms with E-state index in [-0.39, 0.29) is 23.0 Å². The number of benzene rings is 1. The Balaban J connectivity index is 0.000000181. The molecule has 25 heavy (non-hydrogen) atoms. The van der Waals surface area contributed by atoms with Crippen LogP contribution in [0.25, 0.3) is 10.9 Å². The average molecular weight is 347 g/mol. The zero-order valence-electron chi connectivity index (χ0n) is 15.1. The summed E-state index contributed by atoms with van der Waals surface area (Å²) in [5.41, 5.74) is -0.0319. The van der Waals surface area contributed by atoms with Crippen molar-refractivity contribution in [1.29, 1.82) is 0 Å². The highest BCUT2D eigenvalue weighted by Crippen LogP contribution is 2.18. The summed E-state index contributed by atoms with van der Waals surface area (Å²) in [6, 6.07) is 4.48. The molecular weight excluding hydrogens is 322 g/mol. The quantitative estimate of drug-likeness (QED) is 0.764. The lowest BCUT2D eigenvalue weighted by atomic mass is 10.2. The summed E-state index contributed by atoms with van der Waals surface area (Å²) in [5.74, 6) is 0.688. The van der Waals surface area contributed by atoms with Crippen molar-refractivity contribution >= 4 is 17.0 Å². The lowest BCUT2D eigenvalue weighted by molar-refractivity contribution is 0.0289. The van der Waals surface area contributed by atoms with E-state index in [4.69, 9.17) is 9.84 Å². The number of aromatic amines is 1. The van der Waals surface area contributed by atoms with Gasteiger partial charge in [0.2, 0.25) is 0 Å². The third-order valence-corrected chi connectivity index (χ3v) is 3.70. The van der Waals surface area contributed by atoms with Crippen LogP contribution in [0.2, 0.25) is 0 Å². The molecule has 0 radical (unpaired) electrons. The fourth-order valence-electron chi connectivity index (χ4n) is 2.48. The van der Waals surface area contributed by atoms with E-state index in [1.807, 2.05) is 20.8 Å². The Morgan fingerprint density at radius 3 is 2.72 bits per heavy atom. The van der Waals surface area contributed by atoms with Crippen LogP contribution in [0.15, 0.2) is 29.3 Å². The molecule has 1 aromatic carbocycles. The summed E-state index contributed by atoms with van der Waals surface area (Å²) < 4.78 is 5.26. The molecule has 1 aromatic heterocycles. The van der Waals surface area contributed by atoms with Crippen molar-refractivity contribution in [2.24, 2.45) is 5.92 Å². The molecule has 1 aliphatic rings. The number of amides is 1. The number of likely N-dealkylation sites (tertiary alicyclic amines) is 1. The lowest BCUT2D eigenvalue weighted by Crippen LogP contribution is -2.35. The number of carbonyl (C=O) groups excluding carboxylic acids is 1. The Bertz CT molecular complexity index is 795. The van der Waals surface area contributed by atoms with Crippen LogP contribution < -0.4 is 5.56 Å². The molecule has 2 heterocycles. The van der Waals surface area contributed by atoms with Gasteiger partial charge in [-0.1, -0.05) is 6.92 Å². The maximum atomic E-state index is 11.5. The van der Waals surface area contributed by atoms with Crippen molar-refractivity contribution in [3.05, 3.63) is 34.9 Å². The number of phenolic OH excluding ortho intramolecular Hbond substituents is 1. The Kier molecular flexibility index (Phi) is 5.66. The van der Waals surface area contributed by atoms with Crippen LogP contribution in [0.4, 0.5) is 4.79 Å². The molecule has 1 unspecified atom stereocenters. The van der Waals surface area contributed by atoms with E-state index < -0.39 is 0 Å². The Hall–Kier alpha value is -2.57. The number of rotatable bonds is 0. The van der Waals surface area contributed by atoms with E-state index in [2.05, 4.69) is 16.9 Å². The number of H-pyrrole nitrogens is 1. The van der Waals surface area contributed by atoms with Crippen LogP contribution in [0, 0.1) is 5.92 Å². The number of aromatic hydroxyl groups is 1. The van der Waals surface area contributed by atoms with Crippen molar-refractivity contribution in [1.82, 2.24) is 14.9 Å². The monoisotopic (exact) mass is 347 g/mol. The minimum absolute atomic E-state index is 0.0704. The number of aromatic nitrogens is 2. The highest BCUT2D eigenvalue weighted by molar-refractivity contribution is 5.78. The number of hydrogen-bond acceptors (Lipinski definition) is 5. The molecule has 7 nitrogen and oxygen atoms in total. The van der Waals surface area contributed by atoms with Gasteiger partial charge in [-0.2, -0.15) is 0 Å². The Morgan fingerprint density at radius 1 is 1.40 bits per heavy atom. The number of ether oxygens (including phenoxy) is 1. The third-order valence-electron chi connectivity index (χ3n) is 3.70. The number of fused-ring (bicyclic) bond motifs is 1. The van der Waals surface area contributed by atoms with E-state index in [9.17, 15) is 9.59 Å². The van der Waals surface area contributed by atoms with Gasteiger partial charge >= 0.3 is 6.09 Å². The predicted octanol–water partition coefficient (Wildman–Crippen LogP) is 2.89. The van der Waals surface area contributed by atoms with E-state index in [0.29, 0.717) is 16.8 Å². The van der Waals surface area contributed by atoms with Gasteiger partial charge in [0.25, 0.3) is 5.56 Å². The van der Waals surface area contributed by atoms with Crippen molar-refractivity contribution in [2.75, 3.05) is 13.1 Å². The SMILES string of the molecule is CC1CCN(C(=O)OC(C)(C)C)C1.O=c1[nH]cnc2ccc(O)cc12. The van der Waals surface area contributed by atoms with E-state index >= 15 is 0 Å². The molecule has 0 saturated carbocycles. The Labute approximate surface area is 146 Å².